The molecule has 1 amide bonds. The summed E-state index contributed by atoms with van der Waals surface area (Å²) in [5.41, 5.74) is -0.360. The van der Waals surface area contributed by atoms with Gasteiger partial charge in [0.15, 0.2) is 0 Å². The molecule has 132 valence electrons. The van der Waals surface area contributed by atoms with Crippen molar-refractivity contribution in [1.82, 2.24) is 5.32 Å². The van der Waals surface area contributed by atoms with Crippen LogP contribution in [0.5, 0.6) is 0 Å². The van der Waals surface area contributed by atoms with Gasteiger partial charge in [-0.15, -0.1) is 0 Å². The van der Waals surface area contributed by atoms with E-state index in [1.165, 1.54) is 0 Å². The molecule has 0 aromatic heterocycles. The third-order valence-corrected chi connectivity index (χ3v) is 2.25. The Hall–Kier alpha value is -0.690. The fourth-order valence-corrected chi connectivity index (χ4v) is 1.47. The summed E-state index contributed by atoms with van der Waals surface area (Å²) in [5, 5.41) is 2.82. The average Bonchev–Trinajstić information content (AvgIpc) is 2.32. The maximum atomic E-state index is 11.5. The topological polar surface area (TPSA) is 66.0 Å². The molecule has 0 bridgehead atoms. The summed E-state index contributed by atoms with van der Waals surface area (Å²) in [4.78, 5) is 11.5. The zero-order chi connectivity index (χ0) is 17.1. The van der Waals surface area contributed by atoms with Crippen molar-refractivity contribution >= 4 is 5.91 Å². The van der Waals surface area contributed by atoms with E-state index in [0.29, 0.717) is 39.6 Å². The first kappa shape index (κ1) is 21.3. The molecule has 0 aliphatic carbocycles. The number of hydrogen-bond acceptors (Lipinski definition) is 5. The molecule has 0 heterocycles. The molecule has 1 N–H and O–H groups in total. The molecule has 6 heteroatoms. The lowest BCUT2D eigenvalue weighted by Crippen LogP contribution is -2.42. The van der Waals surface area contributed by atoms with Crippen molar-refractivity contribution in [3.05, 3.63) is 0 Å². The largest absolute Gasteiger partial charge is 0.377 e. The molecular formula is C16H33NO5. The van der Waals surface area contributed by atoms with Crippen LogP contribution < -0.4 is 5.32 Å². The van der Waals surface area contributed by atoms with Gasteiger partial charge in [0, 0.05) is 5.54 Å². The highest BCUT2D eigenvalue weighted by molar-refractivity contribution is 5.77. The molecule has 0 unspecified atom stereocenters. The molecule has 0 spiro atoms. The number of ether oxygens (including phenoxy) is 4. The molecule has 0 aliphatic heterocycles. The zero-order valence-corrected chi connectivity index (χ0v) is 15.0. The summed E-state index contributed by atoms with van der Waals surface area (Å²) in [6, 6.07) is 0. The molecule has 6 nitrogen and oxygen atoms in total. The van der Waals surface area contributed by atoms with E-state index in [9.17, 15) is 4.79 Å². The van der Waals surface area contributed by atoms with Gasteiger partial charge in [0.1, 0.15) is 6.61 Å². The molecule has 22 heavy (non-hydrogen) atoms. The second-order valence-corrected chi connectivity index (χ2v) is 7.04. The van der Waals surface area contributed by atoms with Gasteiger partial charge in [-0.3, -0.25) is 4.79 Å². The summed E-state index contributed by atoms with van der Waals surface area (Å²) in [6.45, 7) is 14.9. The first-order valence-corrected chi connectivity index (χ1v) is 7.78. The average molecular weight is 319 g/mol. The van der Waals surface area contributed by atoms with Gasteiger partial charge in [-0.05, 0) is 41.5 Å². The van der Waals surface area contributed by atoms with Crippen LogP contribution in [-0.2, 0) is 23.7 Å². The highest BCUT2D eigenvalue weighted by Gasteiger charge is 2.13. The van der Waals surface area contributed by atoms with Crippen molar-refractivity contribution in [3.63, 3.8) is 0 Å². The first-order valence-electron chi connectivity index (χ1n) is 7.78. The van der Waals surface area contributed by atoms with Crippen LogP contribution in [0.2, 0.25) is 0 Å². The molecular weight excluding hydrogens is 286 g/mol. The first-order chi connectivity index (χ1) is 10.1. The van der Waals surface area contributed by atoms with Gasteiger partial charge in [-0.25, -0.2) is 0 Å². The van der Waals surface area contributed by atoms with E-state index >= 15 is 0 Å². The maximum absolute atomic E-state index is 11.5. The minimum absolute atomic E-state index is 0.0568. The van der Waals surface area contributed by atoms with Gasteiger partial charge in [0.05, 0.1) is 45.2 Å². The Balaban J connectivity index is 3.26. The minimum Gasteiger partial charge on any atom is -0.377 e. The van der Waals surface area contributed by atoms with Gasteiger partial charge in [0.2, 0.25) is 5.91 Å². The lowest BCUT2D eigenvalue weighted by molar-refractivity contribution is -0.127. The second kappa shape index (κ2) is 10.9. The normalized spacial score (nSPS) is 12.5. The second-order valence-electron chi connectivity index (χ2n) is 7.04. The van der Waals surface area contributed by atoms with Crippen LogP contribution in [-0.4, -0.2) is 63.3 Å². The number of amides is 1. The molecule has 0 atom stereocenters. The fraction of sp³-hybridized carbons (Fsp3) is 0.938. The van der Waals surface area contributed by atoms with Crippen molar-refractivity contribution < 1.29 is 23.7 Å². The standard InChI is InChI=1S/C16H33NO5/c1-15(2,3)17-14(18)13-21-10-9-19-7-8-20-11-12-22-16(4,5)6/h7-13H2,1-6H3,(H,17,18). The van der Waals surface area contributed by atoms with E-state index in [4.69, 9.17) is 18.9 Å². The van der Waals surface area contributed by atoms with Crippen LogP contribution >= 0.6 is 0 Å². The van der Waals surface area contributed by atoms with Crippen LogP contribution in [0.3, 0.4) is 0 Å². The number of hydrogen-bond donors (Lipinski definition) is 1. The minimum atomic E-state index is -0.231. The van der Waals surface area contributed by atoms with Gasteiger partial charge in [-0.2, -0.15) is 0 Å². The van der Waals surface area contributed by atoms with Crippen molar-refractivity contribution in [2.24, 2.45) is 0 Å². The summed E-state index contributed by atoms with van der Waals surface area (Å²) < 4.78 is 21.5. The van der Waals surface area contributed by atoms with Crippen LogP contribution in [0.1, 0.15) is 41.5 Å². The Labute approximate surface area is 134 Å². The monoisotopic (exact) mass is 319 g/mol. The highest BCUT2D eigenvalue weighted by atomic mass is 16.6. The molecule has 0 aromatic carbocycles. The predicted octanol–water partition coefficient (Wildman–Crippen LogP) is 1.77. The quantitative estimate of drug-likeness (QED) is 0.588. The van der Waals surface area contributed by atoms with Gasteiger partial charge >= 0.3 is 0 Å². The van der Waals surface area contributed by atoms with E-state index < -0.39 is 0 Å². The third kappa shape index (κ3) is 17.4. The smallest absolute Gasteiger partial charge is 0.246 e. The number of rotatable bonds is 11. The van der Waals surface area contributed by atoms with E-state index in [-0.39, 0.29) is 23.7 Å². The Morgan fingerprint density at radius 2 is 1.23 bits per heavy atom. The van der Waals surface area contributed by atoms with Crippen LogP contribution in [0, 0.1) is 0 Å². The Morgan fingerprint density at radius 3 is 1.68 bits per heavy atom. The summed E-state index contributed by atoms with van der Waals surface area (Å²) >= 11 is 0. The molecule has 0 saturated carbocycles. The van der Waals surface area contributed by atoms with Crippen molar-refractivity contribution in [3.8, 4) is 0 Å². The SMILES string of the molecule is CC(C)(C)NC(=O)COCCOCCOCCOC(C)(C)C. The third-order valence-electron chi connectivity index (χ3n) is 2.25. The predicted molar refractivity (Wildman–Crippen MR) is 86.1 cm³/mol. The molecule has 0 aliphatic rings. The Kier molecular flexibility index (Phi) is 10.6. The molecule has 0 radical (unpaired) electrons. The molecule has 0 fully saturated rings. The van der Waals surface area contributed by atoms with E-state index in [1.807, 2.05) is 41.5 Å². The van der Waals surface area contributed by atoms with Gasteiger partial charge in [0.25, 0.3) is 0 Å². The molecule has 0 aromatic rings. The summed E-state index contributed by atoms with van der Waals surface area (Å²) in [7, 11) is 0. The number of carbonyl (C=O) groups is 1. The highest BCUT2D eigenvalue weighted by Crippen LogP contribution is 2.05. The Bertz CT molecular complexity index is 294. The molecule has 0 rings (SSSR count). The van der Waals surface area contributed by atoms with Crippen molar-refractivity contribution in [2.45, 2.75) is 52.7 Å². The van der Waals surface area contributed by atoms with E-state index in [2.05, 4.69) is 5.32 Å². The fourth-order valence-electron chi connectivity index (χ4n) is 1.47. The van der Waals surface area contributed by atoms with Gasteiger partial charge < -0.3 is 24.3 Å². The Morgan fingerprint density at radius 1 is 0.773 bits per heavy atom. The molecule has 0 saturated heterocycles. The number of carbonyl (C=O) groups excluding carboxylic acids is 1. The maximum Gasteiger partial charge on any atom is 0.246 e. The van der Waals surface area contributed by atoms with Crippen LogP contribution in [0.4, 0.5) is 0 Å². The van der Waals surface area contributed by atoms with E-state index in [1.54, 1.807) is 0 Å². The van der Waals surface area contributed by atoms with Crippen LogP contribution in [0.25, 0.3) is 0 Å². The lowest BCUT2D eigenvalue weighted by Gasteiger charge is -2.20. The van der Waals surface area contributed by atoms with Crippen LogP contribution in [0.15, 0.2) is 0 Å². The van der Waals surface area contributed by atoms with Crippen molar-refractivity contribution in [2.75, 3.05) is 46.2 Å². The summed E-state index contributed by atoms with van der Waals surface area (Å²) in [5.74, 6) is -0.116. The van der Waals surface area contributed by atoms with Crippen molar-refractivity contribution in [1.29, 1.82) is 0 Å². The van der Waals surface area contributed by atoms with E-state index in [0.717, 1.165) is 0 Å². The lowest BCUT2D eigenvalue weighted by atomic mass is 10.1. The summed E-state index contributed by atoms with van der Waals surface area (Å²) in [6.07, 6.45) is 0. The number of nitrogens with one attached hydrogen (secondary N) is 1. The van der Waals surface area contributed by atoms with Gasteiger partial charge in [-0.1, -0.05) is 0 Å². The zero-order valence-electron chi connectivity index (χ0n) is 15.0.